The van der Waals surface area contributed by atoms with E-state index in [0.29, 0.717) is 5.92 Å². The fraction of sp³-hybridized carbons (Fsp3) is 0.571. The summed E-state index contributed by atoms with van der Waals surface area (Å²) < 4.78 is 26.2. The van der Waals surface area contributed by atoms with Crippen LogP contribution >= 0.6 is 0 Å². The number of benzene rings is 1. The largest absolute Gasteiger partial charge is 0.392 e. The molecule has 0 spiro atoms. The van der Waals surface area contributed by atoms with Gasteiger partial charge < -0.3 is 5.11 Å². The highest BCUT2D eigenvalue weighted by atomic mass is 32.2. The second kappa shape index (κ2) is 7.03. The maximum absolute atomic E-state index is 11.9. The number of aliphatic hydroxyl groups is 1. The highest BCUT2D eigenvalue weighted by Gasteiger charge is 2.15. The Hall–Kier alpha value is -0.910. The van der Waals surface area contributed by atoms with Crippen molar-refractivity contribution in [3.8, 4) is 0 Å². The molecule has 1 aromatic carbocycles. The quantitative estimate of drug-likeness (QED) is 0.807. The molecule has 0 aliphatic carbocycles. The lowest BCUT2D eigenvalue weighted by Crippen LogP contribution is -2.30. The summed E-state index contributed by atoms with van der Waals surface area (Å²) in [7, 11) is -3.52. The molecule has 1 atom stereocenters. The third kappa shape index (κ3) is 4.60. The Morgan fingerprint density at radius 3 is 2.11 bits per heavy atom. The molecule has 0 heterocycles. The molecule has 0 aliphatic heterocycles. The molecule has 0 fully saturated rings. The van der Waals surface area contributed by atoms with Crippen molar-refractivity contribution in [2.45, 2.75) is 50.5 Å². The minimum atomic E-state index is -3.52. The standard InChI is InChI=1S/C14H23NO3S/c1-4-12(5-2)13-6-8-14(9-7-13)19(17,18)15-10-11(3)16/h6-9,11-12,15-16H,4-5,10H2,1-3H3. The average Bonchev–Trinajstić information content (AvgIpc) is 2.39. The summed E-state index contributed by atoms with van der Waals surface area (Å²) in [5.41, 5.74) is 1.17. The van der Waals surface area contributed by atoms with Crippen molar-refractivity contribution in [2.75, 3.05) is 6.54 Å². The predicted molar refractivity (Wildman–Crippen MR) is 76.6 cm³/mol. The van der Waals surface area contributed by atoms with Crippen molar-refractivity contribution in [1.29, 1.82) is 0 Å². The van der Waals surface area contributed by atoms with Gasteiger partial charge in [-0.15, -0.1) is 0 Å². The van der Waals surface area contributed by atoms with E-state index in [1.165, 1.54) is 5.56 Å². The highest BCUT2D eigenvalue weighted by molar-refractivity contribution is 7.89. The molecule has 5 heteroatoms. The lowest BCUT2D eigenvalue weighted by Gasteiger charge is -2.13. The second-order valence-electron chi connectivity index (χ2n) is 4.78. The zero-order valence-corrected chi connectivity index (χ0v) is 12.6. The fourth-order valence-corrected chi connectivity index (χ4v) is 3.11. The van der Waals surface area contributed by atoms with Gasteiger partial charge in [0.05, 0.1) is 11.0 Å². The Kier molecular flexibility index (Phi) is 5.97. The van der Waals surface area contributed by atoms with Crippen molar-refractivity contribution in [2.24, 2.45) is 0 Å². The summed E-state index contributed by atoms with van der Waals surface area (Å²) in [6, 6.07) is 6.99. The summed E-state index contributed by atoms with van der Waals surface area (Å²) in [5.74, 6) is 0.474. The molecule has 108 valence electrons. The van der Waals surface area contributed by atoms with Gasteiger partial charge in [0.1, 0.15) is 0 Å². The Labute approximate surface area is 115 Å². The van der Waals surface area contributed by atoms with Crippen molar-refractivity contribution < 1.29 is 13.5 Å². The maximum atomic E-state index is 11.9. The number of sulfonamides is 1. The van der Waals surface area contributed by atoms with Gasteiger partial charge in [0, 0.05) is 6.54 Å². The van der Waals surface area contributed by atoms with Gasteiger partial charge in [-0.3, -0.25) is 0 Å². The van der Waals surface area contributed by atoms with Gasteiger partial charge in [-0.25, -0.2) is 13.1 Å². The smallest absolute Gasteiger partial charge is 0.240 e. The Bertz CT molecular complexity index is 476. The summed E-state index contributed by atoms with van der Waals surface area (Å²) >= 11 is 0. The van der Waals surface area contributed by atoms with Gasteiger partial charge in [-0.05, 0) is 43.4 Å². The summed E-state index contributed by atoms with van der Waals surface area (Å²) in [6.07, 6.45) is 1.39. The summed E-state index contributed by atoms with van der Waals surface area (Å²) in [6.45, 7) is 5.82. The van der Waals surface area contributed by atoms with Crippen LogP contribution in [0.2, 0.25) is 0 Å². The van der Waals surface area contributed by atoms with Gasteiger partial charge in [-0.2, -0.15) is 0 Å². The van der Waals surface area contributed by atoms with Crippen molar-refractivity contribution in [3.05, 3.63) is 29.8 Å². The number of hydrogen-bond donors (Lipinski definition) is 2. The van der Waals surface area contributed by atoms with Gasteiger partial charge in [0.2, 0.25) is 10.0 Å². The first-order valence-electron chi connectivity index (χ1n) is 6.68. The Balaban J connectivity index is 2.86. The monoisotopic (exact) mass is 285 g/mol. The Morgan fingerprint density at radius 2 is 1.68 bits per heavy atom. The fourth-order valence-electron chi connectivity index (χ4n) is 1.99. The average molecular weight is 285 g/mol. The Morgan fingerprint density at radius 1 is 1.16 bits per heavy atom. The van der Waals surface area contributed by atoms with Crippen LogP contribution in [0.3, 0.4) is 0 Å². The maximum Gasteiger partial charge on any atom is 0.240 e. The van der Waals surface area contributed by atoms with Crippen LogP contribution in [0.1, 0.15) is 45.1 Å². The van der Waals surface area contributed by atoms with Crippen LogP contribution in [0.15, 0.2) is 29.2 Å². The van der Waals surface area contributed by atoms with E-state index < -0.39 is 16.1 Å². The van der Waals surface area contributed by atoms with Crippen molar-refractivity contribution in [3.63, 3.8) is 0 Å². The molecule has 0 amide bonds. The lowest BCUT2D eigenvalue weighted by atomic mass is 9.94. The topological polar surface area (TPSA) is 66.4 Å². The van der Waals surface area contributed by atoms with Gasteiger partial charge in [0.15, 0.2) is 0 Å². The molecule has 1 unspecified atom stereocenters. The molecule has 2 N–H and O–H groups in total. The second-order valence-corrected chi connectivity index (χ2v) is 6.55. The molecule has 0 aromatic heterocycles. The van der Waals surface area contributed by atoms with E-state index in [-0.39, 0.29) is 11.4 Å². The molecule has 19 heavy (non-hydrogen) atoms. The first-order chi connectivity index (χ1) is 8.90. The van der Waals surface area contributed by atoms with E-state index in [4.69, 9.17) is 5.11 Å². The van der Waals surface area contributed by atoms with E-state index in [0.717, 1.165) is 12.8 Å². The van der Waals surface area contributed by atoms with Crippen molar-refractivity contribution >= 4 is 10.0 Å². The molecule has 4 nitrogen and oxygen atoms in total. The predicted octanol–water partition coefficient (Wildman–Crippen LogP) is 2.25. The van der Waals surface area contributed by atoms with Crippen LogP contribution in [-0.4, -0.2) is 26.2 Å². The molecular weight excluding hydrogens is 262 g/mol. The number of rotatable bonds is 7. The normalized spacial score (nSPS) is 13.7. The van der Waals surface area contributed by atoms with E-state index >= 15 is 0 Å². The number of nitrogens with one attached hydrogen (secondary N) is 1. The SMILES string of the molecule is CCC(CC)c1ccc(S(=O)(=O)NCC(C)O)cc1. The summed E-state index contributed by atoms with van der Waals surface area (Å²) in [5, 5.41) is 9.12. The third-order valence-electron chi connectivity index (χ3n) is 3.22. The zero-order valence-electron chi connectivity index (χ0n) is 11.8. The van der Waals surface area contributed by atoms with Gasteiger partial charge in [-0.1, -0.05) is 26.0 Å². The number of aliphatic hydroxyl groups excluding tert-OH is 1. The van der Waals surface area contributed by atoms with Gasteiger partial charge >= 0.3 is 0 Å². The van der Waals surface area contributed by atoms with E-state index in [9.17, 15) is 8.42 Å². The minimum Gasteiger partial charge on any atom is -0.392 e. The van der Waals surface area contributed by atoms with Crippen LogP contribution in [0.25, 0.3) is 0 Å². The van der Waals surface area contributed by atoms with E-state index in [1.54, 1.807) is 19.1 Å². The lowest BCUT2D eigenvalue weighted by molar-refractivity contribution is 0.198. The molecule has 0 saturated heterocycles. The summed E-state index contributed by atoms with van der Waals surface area (Å²) in [4.78, 5) is 0.239. The van der Waals surface area contributed by atoms with Crippen LogP contribution in [0.4, 0.5) is 0 Å². The zero-order chi connectivity index (χ0) is 14.5. The van der Waals surface area contributed by atoms with Gasteiger partial charge in [0.25, 0.3) is 0 Å². The van der Waals surface area contributed by atoms with Crippen LogP contribution in [0.5, 0.6) is 0 Å². The molecule has 0 radical (unpaired) electrons. The van der Waals surface area contributed by atoms with Crippen molar-refractivity contribution in [1.82, 2.24) is 4.72 Å². The molecule has 0 bridgehead atoms. The first kappa shape index (κ1) is 16.1. The minimum absolute atomic E-state index is 0.0244. The molecule has 1 rings (SSSR count). The molecule has 0 aliphatic rings. The van der Waals surface area contributed by atoms with Crippen LogP contribution in [0, 0.1) is 0 Å². The molecule has 0 saturated carbocycles. The highest BCUT2D eigenvalue weighted by Crippen LogP contribution is 2.23. The van der Waals surface area contributed by atoms with Crippen LogP contribution in [-0.2, 0) is 10.0 Å². The first-order valence-corrected chi connectivity index (χ1v) is 8.16. The molecular formula is C14H23NO3S. The third-order valence-corrected chi connectivity index (χ3v) is 4.66. The van der Waals surface area contributed by atoms with E-state index in [1.807, 2.05) is 12.1 Å². The van der Waals surface area contributed by atoms with Crippen LogP contribution < -0.4 is 4.72 Å². The molecule has 1 aromatic rings. The van der Waals surface area contributed by atoms with E-state index in [2.05, 4.69) is 18.6 Å². The number of hydrogen-bond acceptors (Lipinski definition) is 3.